The highest BCUT2D eigenvalue weighted by Crippen LogP contribution is 2.31. The number of benzene rings is 2. The minimum Gasteiger partial charge on any atom is -0.211 e. The molecule has 0 saturated carbocycles. The minimum absolute atomic E-state index is 0.671. The van der Waals surface area contributed by atoms with Crippen molar-refractivity contribution < 1.29 is 9.59 Å². The van der Waals surface area contributed by atoms with Crippen LogP contribution in [-0.4, -0.2) is 12.2 Å². The van der Waals surface area contributed by atoms with Crippen LogP contribution in [0.25, 0.3) is 0 Å². The van der Waals surface area contributed by atoms with Gasteiger partial charge in [-0.15, -0.1) is 0 Å². The molecule has 0 aliphatic carbocycles. The average molecular weight is 362 g/mol. The quantitative estimate of drug-likeness (QED) is 0.462. The Bertz CT molecular complexity index is 792. The van der Waals surface area contributed by atoms with Gasteiger partial charge in [-0.1, -0.05) is 27.7 Å². The average Bonchev–Trinajstić information content (AvgIpc) is 2.69. The maximum atomic E-state index is 10.7. The molecule has 0 N–H and O–H groups in total. The first kappa shape index (κ1) is 20.5. The van der Waals surface area contributed by atoms with Crippen molar-refractivity contribution in [2.24, 2.45) is 9.98 Å². The van der Waals surface area contributed by atoms with Crippen molar-refractivity contribution in [1.82, 2.24) is 0 Å². The number of hydrogen-bond donors (Lipinski definition) is 0. The predicted octanol–water partition coefficient (Wildman–Crippen LogP) is 5.46. The van der Waals surface area contributed by atoms with E-state index in [9.17, 15) is 9.59 Å². The van der Waals surface area contributed by atoms with E-state index >= 15 is 0 Å². The summed E-state index contributed by atoms with van der Waals surface area (Å²) in [6.07, 6.45) is 7.62. The van der Waals surface area contributed by atoms with Crippen molar-refractivity contribution in [2.45, 2.75) is 59.8 Å². The number of nitrogens with zero attached hydrogens (tertiary/aromatic N) is 2. The summed E-state index contributed by atoms with van der Waals surface area (Å²) < 4.78 is 0. The van der Waals surface area contributed by atoms with E-state index in [1.54, 1.807) is 12.2 Å². The van der Waals surface area contributed by atoms with Crippen molar-refractivity contribution in [3.8, 4) is 0 Å². The van der Waals surface area contributed by atoms with E-state index < -0.39 is 0 Å². The fraction of sp³-hybridized carbons (Fsp3) is 0.391. The maximum absolute atomic E-state index is 10.7. The summed E-state index contributed by atoms with van der Waals surface area (Å²) in [5.74, 6) is 0. The van der Waals surface area contributed by atoms with Crippen molar-refractivity contribution in [3.05, 3.63) is 57.6 Å². The Labute approximate surface area is 161 Å². The lowest BCUT2D eigenvalue weighted by Gasteiger charge is -2.19. The molecule has 0 atom stereocenters. The van der Waals surface area contributed by atoms with Crippen molar-refractivity contribution in [1.29, 1.82) is 0 Å². The van der Waals surface area contributed by atoms with E-state index in [1.165, 1.54) is 33.4 Å². The number of aryl methyl sites for hydroxylation is 4. The number of carbonyl (C=O) groups excluding carboxylic acids is 2. The lowest BCUT2D eigenvalue weighted by molar-refractivity contribution is 0.564. The Morgan fingerprint density at radius 2 is 0.926 bits per heavy atom. The largest absolute Gasteiger partial charge is 0.240 e. The molecule has 27 heavy (non-hydrogen) atoms. The Balaban J connectivity index is 2.65. The topological polar surface area (TPSA) is 58.9 Å². The summed E-state index contributed by atoms with van der Waals surface area (Å²) in [5, 5.41) is 0. The van der Waals surface area contributed by atoms with Crippen LogP contribution < -0.4 is 0 Å². The van der Waals surface area contributed by atoms with Crippen LogP contribution in [0.2, 0.25) is 0 Å². The van der Waals surface area contributed by atoms with Gasteiger partial charge in [0, 0.05) is 0 Å². The van der Waals surface area contributed by atoms with Crippen LogP contribution in [0.4, 0.5) is 11.4 Å². The van der Waals surface area contributed by atoms with Gasteiger partial charge in [0.2, 0.25) is 12.2 Å². The minimum atomic E-state index is 0.671. The SMILES string of the molecule is CCc1cc(N=C=O)cc(CC)c1Cc1c(CC)cc(N=C=O)cc1CC. The molecule has 0 aliphatic rings. The number of aliphatic imine (C=N–C) groups is 2. The number of rotatable bonds is 8. The number of isocyanates is 2. The molecular weight excluding hydrogens is 336 g/mol. The van der Waals surface area contributed by atoms with E-state index in [0.29, 0.717) is 11.4 Å². The molecule has 0 heterocycles. The third-order valence-electron chi connectivity index (χ3n) is 5.07. The van der Waals surface area contributed by atoms with E-state index in [2.05, 4.69) is 37.7 Å². The third kappa shape index (κ3) is 4.68. The van der Waals surface area contributed by atoms with Gasteiger partial charge in [-0.25, -0.2) is 9.59 Å². The Morgan fingerprint density at radius 3 is 1.15 bits per heavy atom. The summed E-state index contributed by atoms with van der Waals surface area (Å²) in [7, 11) is 0. The Hall–Kier alpha value is -2.80. The molecule has 0 saturated heterocycles. The summed E-state index contributed by atoms with van der Waals surface area (Å²) >= 11 is 0. The van der Waals surface area contributed by atoms with Crippen LogP contribution in [0.5, 0.6) is 0 Å². The van der Waals surface area contributed by atoms with Gasteiger partial charge in [-0.2, -0.15) is 9.98 Å². The first-order valence-electron chi connectivity index (χ1n) is 9.56. The summed E-state index contributed by atoms with van der Waals surface area (Å²) in [4.78, 5) is 29.0. The molecule has 0 aromatic heterocycles. The molecule has 0 radical (unpaired) electrons. The molecule has 2 rings (SSSR count). The van der Waals surface area contributed by atoms with Crippen LogP contribution in [0.3, 0.4) is 0 Å². The first-order chi connectivity index (χ1) is 13.1. The highest BCUT2D eigenvalue weighted by Gasteiger charge is 2.15. The van der Waals surface area contributed by atoms with Crippen molar-refractivity contribution in [3.63, 3.8) is 0 Å². The zero-order valence-corrected chi connectivity index (χ0v) is 16.6. The predicted molar refractivity (Wildman–Crippen MR) is 109 cm³/mol. The fourth-order valence-electron chi connectivity index (χ4n) is 3.69. The van der Waals surface area contributed by atoms with Gasteiger partial charge in [0.25, 0.3) is 0 Å². The standard InChI is InChI=1S/C23H26N2O2/c1-5-16-9-20(24-14-26)10-17(6-2)22(16)13-23-18(7-3)11-21(25-15-27)12-19(23)8-4/h9-12H,5-8,13H2,1-4H3. The van der Waals surface area contributed by atoms with Gasteiger partial charge >= 0.3 is 0 Å². The Kier molecular flexibility index (Phi) is 7.43. The van der Waals surface area contributed by atoms with Gasteiger partial charge in [0.1, 0.15) is 0 Å². The smallest absolute Gasteiger partial charge is 0.211 e. The van der Waals surface area contributed by atoms with Crippen LogP contribution in [0.1, 0.15) is 61.1 Å². The maximum Gasteiger partial charge on any atom is 0.240 e. The molecule has 0 bridgehead atoms. The molecule has 0 fully saturated rings. The van der Waals surface area contributed by atoms with Gasteiger partial charge in [-0.05, 0) is 89.8 Å². The second-order valence-corrected chi connectivity index (χ2v) is 6.48. The zero-order valence-electron chi connectivity index (χ0n) is 16.6. The van der Waals surface area contributed by atoms with Crippen LogP contribution in [-0.2, 0) is 41.7 Å². The fourth-order valence-corrected chi connectivity index (χ4v) is 3.69. The monoisotopic (exact) mass is 362 g/mol. The second kappa shape index (κ2) is 9.78. The lowest BCUT2D eigenvalue weighted by atomic mass is 9.86. The zero-order chi connectivity index (χ0) is 19.8. The summed E-state index contributed by atoms with van der Waals surface area (Å²) in [5.41, 5.74) is 8.80. The van der Waals surface area contributed by atoms with Crippen LogP contribution >= 0.6 is 0 Å². The Morgan fingerprint density at radius 1 is 0.630 bits per heavy atom. The van der Waals surface area contributed by atoms with Gasteiger partial charge in [-0.3, -0.25) is 0 Å². The summed E-state index contributed by atoms with van der Waals surface area (Å²) in [6, 6.07) is 7.95. The number of hydrogen-bond acceptors (Lipinski definition) is 4. The molecule has 0 spiro atoms. The molecule has 2 aromatic rings. The van der Waals surface area contributed by atoms with Crippen LogP contribution in [0, 0.1) is 0 Å². The molecule has 2 aromatic carbocycles. The molecule has 4 heteroatoms. The highest BCUT2D eigenvalue weighted by molar-refractivity contribution is 5.58. The molecular formula is C23H26N2O2. The van der Waals surface area contributed by atoms with E-state index in [1.807, 2.05) is 24.3 Å². The molecule has 0 aliphatic heterocycles. The van der Waals surface area contributed by atoms with Gasteiger partial charge in [0.15, 0.2) is 0 Å². The van der Waals surface area contributed by atoms with E-state index in [-0.39, 0.29) is 0 Å². The van der Waals surface area contributed by atoms with E-state index in [0.717, 1.165) is 32.1 Å². The van der Waals surface area contributed by atoms with E-state index in [4.69, 9.17) is 0 Å². The van der Waals surface area contributed by atoms with Gasteiger partial charge < -0.3 is 0 Å². The normalized spacial score (nSPS) is 10.2. The molecule has 140 valence electrons. The van der Waals surface area contributed by atoms with Gasteiger partial charge in [0.05, 0.1) is 11.4 Å². The van der Waals surface area contributed by atoms with Crippen molar-refractivity contribution >= 4 is 23.5 Å². The van der Waals surface area contributed by atoms with Crippen molar-refractivity contribution in [2.75, 3.05) is 0 Å². The summed E-state index contributed by atoms with van der Waals surface area (Å²) in [6.45, 7) is 8.48. The lowest BCUT2D eigenvalue weighted by Crippen LogP contribution is -2.05. The molecule has 0 unspecified atom stereocenters. The molecule has 0 amide bonds. The molecule has 4 nitrogen and oxygen atoms in total. The third-order valence-corrected chi connectivity index (χ3v) is 5.07. The van der Waals surface area contributed by atoms with Crippen LogP contribution in [0.15, 0.2) is 34.3 Å². The first-order valence-corrected chi connectivity index (χ1v) is 9.56. The second-order valence-electron chi connectivity index (χ2n) is 6.48. The highest BCUT2D eigenvalue weighted by atomic mass is 16.1.